The first-order chi connectivity index (χ1) is 6.10. The maximum Gasteiger partial charge on any atom is 0.263 e. The molecule has 0 atom stereocenters. The molecule has 72 valence electrons. The van der Waals surface area contributed by atoms with Gasteiger partial charge in [-0.25, -0.2) is 5.48 Å². The summed E-state index contributed by atoms with van der Waals surface area (Å²) in [5.41, 5.74) is 1.50. The molecular formula is C9H14N2O2. The number of carbonyl (C=O) groups excluding carboxylic acids is 1. The van der Waals surface area contributed by atoms with Crippen LogP contribution >= 0.6 is 0 Å². The van der Waals surface area contributed by atoms with E-state index in [2.05, 4.69) is 5.48 Å². The number of nitrogens with zero attached hydrogens (tertiary/aromatic N) is 1. The molecule has 1 fully saturated rings. The minimum absolute atomic E-state index is 0.0558. The van der Waals surface area contributed by atoms with Gasteiger partial charge in [0.2, 0.25) is 0 Å². The summed E-state index contributed by atoms with van der Waals surface area (Å²) in [6.45, 7) is 3.64. The Hall–Kier alpha value is -1.08. The van der Waals surface area contributed by atoms with Gasteiger partial charge < -0.3 is 0 Å². The lowest BCUT2D eigenvalue weighted by Crippen LogP contribution is -2.45. The zero-order valence-electron chi connectivity index (χ0n) is 7.96. The van der Waals surface area contributed by atoms with Gasteiger partial charge in [0.25, 0.3) is 5.91 Å². The van der Waals surface area contributed by atoms with Crippen LogP contribution in [0.15, 0.2) is 0 Å². The van der Waals surface area contributed by atoms with Gasteiger partial charge in [0, 0.05) is 0 Å². The van der Waals surface area contributed by atoms with Gasteiger partial charge in [0.1, 0.15) is 5.41 Å². The summed E-state index contributed by atoms with van der Waals surface area (Å²) < 4.78 is 0. The van der Waals surface area contributed by atoms with Crippen LogP contribution in [-0.2, 0) is 9.63 Å². The Kier molecular flexibility index (Phi) is 2.89. The fourth-order valence-corrected chi connectivity index (χ4v) is 1.19. The molecule has 1 aliphatic rings. The highest BCUT2D eigenvalue weighted by Gasteiger charge is 2.44. The van der Waals surface area contributed by atoms with Crippen LogP contribution in [0.25, 0.3) is 0 Å². The van der Waals surface area contributed by atoms with Crippen LogP contribution in [0.3, 0.4) is 0 Å². The van der Waals surface area contributed by atoms with Crippen molar-refractivity contribution in [1.29, 1.82) is 5.26 Å². The molecule has 1 saturated carbocycles. The van der Waals surface area contributed by atoms with Crippen LogP contribution in [0.5, 0.6) is 0 Å². The second kappa shape index (κ2) is 3.75. The van der Waals surface area contributed by atoms with Crippen LogP contribution in [0.4, 0.5) is 0 Å². The van der Waals surface area contributed by atoms with Crippen molar-refractivity contribution in [2.75, 3.05) is 0 Å². The Morgan fingerprint density at radius 2 is 2.23 bits per heavy atom. The summed E-state index contributed by atoms with van der Waals surface area (Å²) in [6, 6.07) is 2.05. The highest BCUT2D eigenvalue weighted by molar-refractivity contribution is 5.85. The van der Waals surface area contributed by atoms with Crippen LogP contribution in [0.2, 0.25) is 0 Å². The van der Waals surface area contributed by atoms with E-state index in [0.29, 0.717) is 12.8 Å². The molecule has 0 aliphatic heterocycles. The number of rotatable bonds is 3. The number of hydroxylamine groups is 1. The quantitative estimate of drug-likeness (QED) is 0.665. The summed E-state index contributed by atoms with van der Waals surface area (Å²) in [5, 5.41) is 8.81. The van der Waals surface area contributed by atoms with Gasteiger partial charge >= 0.3 is 0 Å². The Morgan fingerprint density at radius 1 is 1.62 bits per heavy atom. The Morgan fingerprint density at radius 3 is 2.54 bits per heavy atom. The molecule has 0 radical (unpaired) electrons. The lowest BCUT2D eigenvalue weighted by Gasteiger charge is -2.33. The van der Waals surface area contributed by atoms with Gasteiger partial charge in [0.05, 0.1) is 12.2 Å². The first-order valence-electron chi connectivity index (χ1n) is 4.48. The molecule has 0 spiro atoms. The second-order valence-electron chi connectivity index (χ2n) is 3.65. The minimum atomic E-state index is -0.811. The zero-order chi connectivity index (χ0) is 9.90. The maximum absolute atomic E-state index is 11.4. The summed E-state index contributed by atoms with van der Waals surface area (Å²) >= 11 is 0. The number of carbonyl (C=O) groups is 1. The standard InChI is InChI=1S/C9H14N2O2/c1-7(2)13-11-8(12)9(6-10)4-3-5-9/h7H,3-5H2,1-2H3,(H,11,12). The zero-order valence-corrected chi connectivity index (χ0v) is 7.96. The highest BCUT2D eigenvalue weighted by Crippen LogP contribution is 2.40. The van der Waals surface area contributed by atoms with Crippen LogP contribution < -0.4 is 5.48 Å². The van der Waals surface area contributed by atoms with E-state index in [1.54, 1.807) is 0 Å². The van der Waals surface area contributed by atoms with E-state index in [1.165, 1.54) is 0 Å². The molecule has 0 saturated heterocycles. The Bertz CT molecular complexity index is 238. The average molecular weight is 182 g/mol. The normalized spacial score (nSPS) is 18.9. The molecule has 4 nitrogen and oxygen atoms in total. The SMILES string of the molecule is CC(C)ONC(=O)C1(C#N)CCC1. The Balaban J connectivity index is 2.43. The average Bonchev–Trinajstić information content (AvgIpc) is 2.00. The summed E-state index contributed by atoms with van der Waals surface area (Å²) in [7, 11) is 0. The fraction of sp³-hybridized carbons (Fsp3) is 0.778. The summed E-state index contributed by atoms with van der Waals surface area (Å²) in [4.78, 5) is 16.4. The maximum atomic E-state index is 11.4. The minimum Gasteiger partial charge on any atom is -0.271 e. The molecule has 0 aromatic heterocycles. The van der Waals surface area contributed by atoms with E-state index in [0.717, 1.165) is 6.42 Å². The van der Waals surface area contributed by atoms with Crippen LogP contribution in [-0.4, -0.2) is 12.0 Å². The molecule has 4 heteroatoms. The lowest BCUT2D eigenvalue weighted by molar-refractivity contribution is -0.148. The van der Waals surface area contributed by atoms with Gasteiger partial charge in [-0.3, -0.25) is 9.63 Å². The molecule has 0 heterocycles. The molecule has 1 N–H and O–H groups in total. The van der Waals surface area contributed by atoms with Crippen molar-refractivity contribution in [3.63, 3.8) is 0 Å². The summed E-state index contributed by atoms with van der Waals surface area (Å²) in [5.74, 6) is -0.296. The number of amides is 1. The number of hydrogen-bond acceptors (Lipinski definition) is 3. The first-order valence-corrected chi connectivity index (χ1v) is 4.48. The number of hydrogen-bond donors (Lipinski definition) is 1. The van der Waals surface area contributed by atoms with Crippen molar-refractivity contribution < 1.29 is 9.63 Å². The van der Waals surface area contributed by atoms with Crippen molar-refractivity contribution in [1.82, 2.24) is 5.48 Å². The van der Waals surface area contributed by atoms with E-state index >= 15 is 0 Å². The fourth-order valence-electron chi connectivity index (χ4n) is 1.19. The molecule has 0 bridgehead atoms. The molecule has 0 unspecified atom stereocenters. The topological polar surface area (TPSA) is 62.1 Å². The van der Waals surface area contributed by atoms with E-state index in [1.807, 2.05) is 19.9 Å². The molecule has 1 aliphatic carbocycles. The predicted octanol–water partition coefficient (Wildman–Crippen LogP) is 1.14. The first kappa shape index (κ1) is 10.0. The van der Waals surface area contributed by atoms with Gasteiger partial charge in [-0.1, -0.05) is 0 Å². The number of nitrogens with one attached hydrogen (secondary N) is 1. The molecule has 13 heavy (non-hydrogen) atoms. The molecule has 1 amide bonds. The van der Waals surface area contributed by atoms with Gasteiger partial charge in [-0.05, 0) is 33.1 Å². The van der Waals surface area contributed by atoms with E-state index in [4.69, 9.17) is 10.1 Å². The molecular weight excluding hydrogens is 168 g/mol. The van der Waals surface area contributed by atoms with E-state index < -0.39 is 5.41 Å². The smallest absolute Gasteiger partial charge is 0.263 e. The predicted molar refractivity (Wildman–Crippen MR) is 46.3 cm³/mol. The van der Waals surface area contributed by atoms with Crippen molar-refractivity contribution >= 4 is 5.91 Å². The van der Waals surface area contributed by atoms with Crippen molar-refractivity contribution in [3.8, 4) is 6.07 Å². The van der Waals surface area contributed by atoms with Crippen molar-refractivity contribution in [2.45, 2.75) is 39.2 Å². The molecule has 0 aromatic carbocycles. The third-order valence-electron chi connectivity index (χ3n) is 2.24. The third-order valence-corrected chi connectivity index (χ3v) is 2.24. The van der Waals surface area contributed by atoms with Crippen molar-refractivity contribution in [2.24, 2.45) is 5.41 Å². The van der Waals surface area contributed by atoms with E-state index in [-0.39, 0.29) is 12.0 Å². The highest BCUT2D eigenvalue weighted by atomic mass is 16.7. The van der Waals surface area contributed by atoms with Gasteiger partial charge in [-0.15, -0.1) is 0 Å². The Labute approximate surface area is 77.8 Å². The lowest BCUT2D eigenvalue weighted by atomic mass is 9.69. The van der Waals surface area contributed by atoms with Crippen LogP contribution in [0, 0.1) is 16.7 Å². The van der Waals surface area contributed by atoms with Crippen molar-refractivity contribution in [3.05, 3.63) is 0 Å². The van der Waals surface area contributed by atoms with Gasteiger partial charge in [-0.2, -0.15) is 5.26 Å². The number of nitriles is 1. The summed E-state index contributed by atoms with van der Waals surface area (Å²) in [6.07, 6.45) is 2.19. The monoisotopic (exact) mass is 182 g/mol. The molecule has 0 aromatic rings. The molecule has 1 rings (SSSR count). The second-order valence-corrected chi connectivity index (χ2v) is 3.65. The third kappa shape index (κ3) is 1.99. The van der Waals surface area contributed by atoms with Crippen LogP contribution in [0.1, 0.15) is 33.1 Å². The van der Waals surface area contributed by atoms with Gasteiger partial charge in [0.15, 0.2) is 0 Å². The van der Waals surface area contributed by atoms with E-state index in [9.17, 15) is 4.79 Å². The largest absolute Gasteiger partial charge is 0.271 e.